The van der Waals surface area contributed by atoms with Crippen LogP contribution in [0.3, 0.4) is 0 Å². The minimum Gasteiger partial charge on any atom is -0.261 e. The molecule has 0 bridgehead atoms. The third-order valence-corrected chi connectivity index (χ3v) is 2.10. The molecule has 1 nitrogen and oxygen atoms in total. The number of hydrogen-bond acceptors (Lipinski definition) is 1. The Labute approximate surface area is 79.8 Å². The van der Waals surface area contributed by atoms with Crippen molar-refractivity contribution in [2.75, 3.05) is 0 Å². The Bertz CT molecular complexity index is 348. The summed E-state index contributed by atoms with van der Waals surface area (Å²) in [6, 6.07) is 4.19. The molecule has 0 saturated heterocycles. The van der Waals surface area contributed by atoms with Gasteiger partial charge in [0.2, 0.25) is 0 Å². The monoisotopic (exact) mass is 173 g/mol. The molecule has 1 rings (SSSR count). The predicted molar refractivity (Wildman–Crippen MR) is 59.8 cm³/mol. The molecule has 68 valence electrons. The van der Waals surface area contributed by atoms with E-state index in [1.807, 2.05) is 19.2 Å². The van der Waals surface area contributed by atoms with E-state index in [1.54, 1.807) is 0 Å². The summed E-state index contributed by atoms with van der Waals surface area (Å²) in [5.41, 5.74) is 4.59. The summed E-state index contributed by atoms with van der Waals surface area (Å²) in [6.07, 6.45) is 3.68. The molecule has 0 atom stereocenters. The lowest BCUT2D eigenvalue weighted by Crippen LogP contribution is -1.85. The van der Waals surface area contributed by atoms with Crippen molar-refractivity contribution in [2.45, 2.75) is 20.8 Å². The van der Waals surface area contributed by atoms with E-state index >= 15 is 0 Å². The molecule has 0 aliphatic rings. The van der Waals surface area contributed by atoms with Crippen molar-refractivity contribution in [3.8, 4) is 0 Å². The first-order valence-electron chi connectivity index (χ1n) is 4.42. The zero-order chi connectivity index (χ0) is 9.84. The van der Waals surface area contributed by atoms with E-state index in [-0.39, 0.29) is 0 Å². The van der Waals surface area contributed by atoms with Crippen molar-refractivity contribution in [1.82, 2.24) is 0 Å². The molecule has 0 aliphatic carbocycles. The fourth-order valence-corrected chi connectivity index (χ4v) is 1.38. The van der Waals surface area contributed by atoms with Crippen LogP contribution in [0.4, 0.5) is 5.69 Å². The van der Waals surface area contributed by atoms with Crippen molar-refractivity contribution in [3.63, 3.8) is 0 Å². The summed E-state index contributed by atoms with van der Waals surface area (Å²) in [5, 5.41) is 0. The standard InChI is InChI=1S/C12H15N/c1-5-11-9(3)7-8-10(4)12(11)13-6-2/h5-8H,1H2,2-4H3/b13-6-. The van der Waals surface area contributed by atoms with Crippen LogP contribution in [0.5, 0.6) is 0 Å². The molecule has 0 spiro atoms. The summed E-state index contributed by atoms with van der Waals surface area (Å²) in [5.74, 6) is 0. The average molecular weight is 173 g/mol. The van der Waals surface area contributed by atoms with Gasteiger partial charge in [-0.1, -0.05) is 24.8 Å². The number of nitrogens with zero attached hydrogens (tertiary/aromatic N) is 1. The average Bonchev–Trinajstić information content (AvgIpc) is 2.12. The zero-order valence-electron chi connectivity index (χ0n) is 8.46. The van der Waals surface area contributed by atoms with Crippen LogP contribution in [0.25, 0.3) is 6.08 Å². The molecule has 0 unspecified atom stereocenters. The Kier molecular flexibility index (Phi) is 3.02. The molecule has 0 fully saturated rings. The SMILES string of the molecule is C=Cc1c(C)ccc(C)c1/N=C\C. The van der Waals surface area contributed by atoms with E-state index in [0.29, 0.717) is 0 Å². The Balaban J connectivity index is 3.42. The topological polar surface area (TPSA) is 12.4 Å². The van der Waals surface area contributed by atoms with Crippen LogP contribution in [0, 0.1) is 13.8 Å². The molecule has 0 radical (unpaired) electrons. The highest BCUT2D eigenvalue weighted by molar-refractivity contribution is 5.73. The van der Waals surface area contributed by atoms with Gasteiger partial charge in [0, 0.05) is 11.8 Å². The van der Waals surface area contributed by atoms with Gasteiger partial charge in [-0.25, -0.2) is 0 Å². The first kappa shape index (κ1) is 9.72. The summed E-state index contributed by atoms with van der Waals surface area (Å²) in [6.45, 7) is 9.87. The van der Waals surface area contributed by atoms with Crippen LogP contribution in [0.2, 0.25) is 0 Å². The molecule has 0 saturated carbocycles. The fourth-order valence-electron chi connectivity index (χ4n) is 1.38. The molecule has 0 amide bonds. The van der Waals surface area contributed by atoms with Crippen molar-refractivity contribution >= 4 is 18.0 Å². The number of benzene rings is 1. The lowest BCUT2D eigenvalue weighted by atomic mass is 10.0. The molecular weight excluding hydrogens is 158 g/mol. The highest BCUT2D eigenvalue weighted by atomic mass is 14.7. The van der Waals surface area contributed by atoms with E-state index in [1.165, 1.54) is 11.1 Å². The van der Waals surface area contributed by atoms with Gasteiger partial charge in [0.15, 0.2) is 0 Å². The molecule has 0 N–H and O–H groups in total. The van der Waals surface area contributed by atoms with E-state index < -0.39 is 0 Å². The van der Waals surface area contributed by atoms with Crippen molar-refractivity contribution < 1.29 is 0 Å². The van der Waals surface area contributed by atoms with Crippen LogP contribution >= 0.6 is 0 Å². The summed E-state index contributed by atoms with van der Waals surface area (Å²) < 4.78 is 0. The minimum atomic E-state index is 1.04. The van der Waals surface area contributed by atoms with Gasteiger partial charge in [-0.05, 0) is 31.9 Å². The Morgan fingerprint density at radius 1 is 1.23 bits per heavy atom. The van der Waals surface area contributed by atoms with Gasteiger partial charge < -0.3 is 0 Å². The van der Waals surface area contributed by atoms with Crippen molar-refractivity contribution in [2.24, 2.45) is 4.99 Å². The minimum absolute atomic E-state index is 1.04. The maximum Gasteiger partial charge on any atom is 0.0729 e. The van der Waals surface area contributed by atoms with Crippen LogP contribution in [0.15, 0.2) is 23.7 Å². The summed E-state index contributed by atoms with van der Waals surface area (Å²) in [7, 11) is 0. The van der Waals surface area contributed by atoms with E-state index in [0.717, 1.165) is 11.3 Å². The quantitative estimate of drug-likeness (QED) is 0.605. The first-order valence-corrected chi connectivity index (χ1v) is 4.42. The van der Waals surface area contributed by atoms with E-state index in [4.69, 9.17) is 0 Å². The van der Waals surface area contributed by atoms with Crippen molar-refractivity contribution in [1.29, 1.82) is 0 Å². The van der Waals surface area contributed by atoms with E-state index in [2.05, 4.69) is 37.6 Å². The summed E-state index contributed by atoms with van der Waals surface area (Å²) >= 11 is 0. The van der Waals surface area contributed by atoms with Gasteiger partial charge in [-0.3, -0.25) is 4.99 Å². The largest absolute Gasteiger partial charge is 0.261 e. The molecule has 0 aliphatic heterocycles. The highest BCUT2D eigenvalue weighted by Crippen LogP contribution is 2.27. The molecule has 1 aromatic rings. The van der Waals surface area contributed by atoms with Gasteiger partial charge >= 0.3 is 0 Å². The second-order valence-corrected chi connectivity index (χ2v) is 3.05. The normalized spacial score (nSPS) is 10.7. The Hall–Kier alpha value is -1.37. The number of aliphatic imine (C=N–C) groups is 1. The van der Waals surface area contributed by atoms with Crippen molar-refractivity contribution in [3.05, 3.63) is 35.4 Å². The number of hydrogen-bond donors (Lipinski definition) is 0. The Morgan fingerprint density at radius 2 is 1.85 bits per heavy atom. The molecular formula is C12H15N. The molecule has 1 aromatic carbocycles. The van der Waals surface area contributed by atoms with Gasteiger partial charge in [-0.15, -0.1) is 0 Å². The lowest BCUT2D eigenvalue weighted by Gasteiger charge is -2.07. The summed E-state index contributed by atoms with van der Waals surface area (Å²) in [4.78, 5) is 4.34. The maximum absolute atomic E-state index is 4.34. The lowest BCUT2D eigenvalue weighted by molar-refractivity contribution is 1.33. The van der Waals surface area contributed by atoms with Crippen LogP contribution in [-0.4, -0.2) is 6.21 Å². The second kappa shape index (κ2) is 4.04. The molecule has 13 heavy (non-hydrogen) atoms. The smallest absolute Gasteiger partial charge is 0.0729 e. The van der Waals surface area contributed by atoms with Crippen LogP contribution < -0.4 is 0 Å². The van der Waals surface area contributed by atoms with Gasteiger partial charge in [0.25, 0.3) is 0 Å². The first-order chi connectivity index (χ1) is 6.20. The third kappa shape index (κ3) is 1.86. The van der Waals surface area contributed by atoms with Crippen LogP contribution in [0.1, 0.15) is 23.6 Å². The predicted octanol–water partition coefficient (Wildman–Crippen LogP) is 3.67. The number of rotatable bonds is 2. The van der Waals surface area contributed by atoms with Gasteiger partial charge in [0.1, 0.15) is 0 Å². The highest BCUT2D eigenvalue weighted by Gasteiger charge is 2.03. The maximum atomic E-state index is 4.34. The molecule has 1 heteroatoms. The second-order valence-electron chi connectivity index (χ2n) is 3.05. The molecule has 0 heterocycles. The Morgan fingerprint density at radius 3 is 2.38 bits per heavy atom. The van der Waals surface area contributed by atoms with Gasteiger partial charge in [-0.2, -0.15) is 0 Å². The number of aryl methyl sites for hydroxylation is 2. The van der Waals surface area contributed by atoms with E-state index in [9.17, 15) is 0 Å². The molecule has 0 aromatic heterocycles. The fraction of sp³-hybridized carbons (Fsp3) is 0.250. The zero-order valence-corrected chi connectivity index (χ0v) is 8.46. The van der Waals surface area contributed by atoms with Gasteiger partial charge in [0.05, 0.1) is 5.69 Å². The van der Waals surface area contributed by atoms with Crippen LogP contribution in [-0.2, 0) is 0 Å². The third-order valence-electron chi connectivity index (χ3n) is 2.10.